The maximum Gasteiger partial charge on any atom is 0.247 e. The fraction of sp³-hybridized carbons (Fsp3) is 0.417. The smallest absolute Gasteiger partial charge is 0.247 e. The number of amides is 1. The highest BCUT2D eigenvalue weighted by atomic mass is 32.2. The van der Waals surface area contributed by atoms with Gasteiger partial charge in [-0.15, -0.1) is 0 Å². The van der Waals surface area contributed by atoms with Crippen LogP contribution in [0.2, 0.25) is 0 Å². The fourth-order valence-corrected chi connectivity index (χ4v) is 6.83. The Balaban J connectivity index is 1.66. The molecular formula is C24H29FN4O3S2. The van der Waals surface area contributed by atoms with Gasteiger partial charge in [0.2, 0.25) is 15.9 Å². The van der Waals surface area contributed by atoms with Crippen molar-refractivity contribution >= 4 is 42.6 Å². The van der Waals surface area contributed by atoms with E-state index < -0.39 is 21.9 Å². The number of halogens is 1. The number of hydrogen-bond donors (Lipinski definition) is 0. The van der Waals surface area contributed by atoms with E-state index in [9.17, 15) is 17.6 Å². The Morgan fingerprint density at radius 3 is 2.59 bits per heavy atom. The van der Waals surface area contributed by atoms with Gasteiger partial charge in [-0.3, -0.25) is 9.69 Å². The first-order chi connectivity index (χ1) is 16.2. The van der Waals surface area contributed by atoms with Gasteiger partial charge in [0.15, 0.2) is 5.13 Å². The quantitative estimate of drug-likeness (QED) is 0.466. The molecule has 3 aromatic rings. The average molecular weight is 505 g/mol. The van der Waals surface area contributed by atoms with Gasteiger partial charge in [-0.05, 0) is 71.1 Å². The highest BCUT2D eigenvalue weighted by molar-refractivity contribution is 7.89. The summed E-state index contributed by atoms with van der Waals surface area (Å²) in [5.41, 5.74) is 1.19. The summed E-state index contributed by atoms with van der Waals surface area (Å²) in [6.07, 6.45) is 1.71. The van der Waals surface area contributed by atoms with Crippen LogP contribution in [0.3, 0.4) is 0 Å². The minimum atomic E-state index is -3.83. The maximum absolute atomic E-state index is 14.3. The second-order valence-electron chi connectivity index (χ2n) is 8.82. The van der Waals surface area contributed by atoms with Crippen LogP contribution < -0.4 is 4.90 Å². The van der Waals surface area contributed by atoms with E-state index in [1.165, 1.54) is 21.7 Å². The SMILES string of the molecule is Cc1ccc(S(=O)(=O)N2CCCC2C(=O)N(CCCN(C)C)c2nc3c(F)cccc3s2)cc1. The molecule has 1 unspecified atom stereocenters. The van der Waals surface area contributed by atoms with Crippen molar-refractivity contribution in [2.45, 2.75) is 37.1 Å². The number of carbonyl (C=O) groups excluding carboxylic acids is 1. The Labute approximate surface area is 203 Å². The molecule has 1 atom stereocenters. The molecule has 34 heavy (non-hydrogen) atoms. The molecule has 0 radical (unpaired) electrons. The lowest BCUT2D eigenvalue weighted by Crippen LogP contribution is -2.48. The van der Waals surface area contributed by atoms with Gasteiger partial charge < -0.3 is 4.90 Å². The second kappa shape index (κ2) is 10.1. The monoisotopic (exact) mass is 504 g/mol. The highest BCUT2D eigenvalue weighted by Crippen LogP contribution is 2.33. The number of para-hydroxylation sites is 1. The summed E-state index contributed by atoms with van der Waals surface area (Å²) in [4.78, 5) is 22.0. The van der Waals surface area contributed by atoms with Crippen molar-refractivity contribution in [1.82, 2.24) is 14.2 Å². The summed E-state index contributed by atoms with van der Waals surface area (Å²) >= 11 is 1.24. The van der Waals surface area contributed by atoms with Crippen molar-refractivity contribution in [1.29, 1.82) is 0 Å². The number of anilines is 1. The van der Waals surface area contributed by atoms with Crippen molar-refractivity contribution in [3.05, 3.63) is 53.8 Å². The number of sulfonamides is 1. The first-order valence-corrected chi connectivity index (χ1v) is 13.5. The van der Waals surface area contributed by atoms with Gasteiger partial charge in [0.05, 0.1) is 9.60 Å². The van der Waals surface area contributed by atoms with E-state index in [4.69, 9.17) is 0 Å². The fourth-order valence-electron chi connectivity index (χ4n) is 4.16. The van der Waals surface area contributed by atoms with E-state index in [1.54, 1.807) is 41.3 Å². The van der Waals surface area contributed by atoms with Crippen molar-refractivity contribution in [3.63, 3.8) is 0 Å². The zero-order chi connectivity index (χ0) is 24.5. The standard InChI is InChI=1S/C24H29FN4O3S2/c1-17-10-12-18(13-11-17)34(31,32)29-16-5-8-20(29)23(30)28(15-6-14-27(2)3)24-26-22-19(25)7-4-9-21(22)33-24/h4,7,9-13,20H,5-6,8,14-16H2,1-3H3. The third-order valence-corrected chi connectivity index (χ3v) is 8.92. The third kappa shape index (κ3) is 5.00. The molecule has 0 aliphatic carbocycles. The zero-order valence-corrected chi connectivity index (χ0v) is 21.2. The molecule has 2 aromatic carbocycles. The van der Waals surface area contributed by atoms with Crippen LogP contribution in [0.5, 0.6) is 0 Å². The average Bonchev–Trinajstić information content (AvgIpc) is 3.45. The molecule has 7 nitrogen and oxygen atoms in total. The van der Waals surface area contributed by atoms with Crippen LogP contribution in [0, 0.1) is 12.7 Å². The predicted octanol–water partition coefficient (Wildman–Crippen LogP) is 3.88. The highest BCUT2D eigenvalue weighted by Gasteiger charge is 2.42. The summed E-state index contributed by atoms with van der Waals surface area (Å²) in [7, 11) is 0.0709. The summed E-state index contributed by atoms with van der Waals surface area (Å²) in [6.45, 7) is 3.30. The molecule has 10 heteroatoms. The zero-order valence-electron chi connectivity index (χ0n) is 19.6. The van der Waals surface area contributed by atoms with Crippen LogP contribution in [-0.4, -0.2) is 68.3 Å². The molecule has 1 aliphatic rings. The Hall–Kier alpha value is -2.40. The molecule has 0 saturated carbocycles. The van der Waals surface area contributed by atoms with Crippen LogP contribution in [0.4, 0.5) is 9.52 Å². The van der Waals surface area contributed by atoms with E-state index in [0.717, 1.165) is 12.1 Å². The summed E-state index contributed by atoms with van der Waals surface area (Å²) < 4.78 is 43.1. The summed E-state index contributed by atoms with van der Waals surface area (Å²) in [5.74, 6) is -0.753. The van der Waals surface area contributed by atoms with E-state index >= 15 is 0 Å². The van der Waals surface area contributed by atoms with Crippen LogP contribution in [0.25, 0.3) is 10.2 Å². The number of aromatic nitrogens is 1. The van der Waals surface area contributed by atoms with Gasteiger partial charge in [0.25, 0.3) is 0 Å². The number of nitrogens with zero attached hydrogens (tertiary/aromatic N) is 4. The van der Waals surface area contributed by atoms with Gasteiger partial charge in [-0.25, -0.2) is 17.8 Å². The number of hydrogen-bond acceptors (Lipinski definition) is 6. The lowest BCUT2D eigenvalue weighted by atomic mass is 10.2. The molecule has 1 saturated heterocycles. The first kappa shape index (κ1) is 24.7. The second-order valence-corrected chi connectivity index (χ2v) is 11.7. The third-order valence-electron chi connectivity index (χ3n) is 5.96. The van der Waals surface area contributed by atoms with Crippen LogP contribution in [-0.2, 0) is 14.8 Å². The van der Waals surface area contributed by atoms with Gasteiger partial charge in [0.1, 0.15) is 17.4 Å². The van der Waals surface area contributed by atoms with E-state index in [2.05, 4.69) is 4.98 Å². The molecule has 0 N–H and O–H groups in total. The molecule has 1 aliphatic heterocycles. The number of carbonyl (C=O) groups is 1. The van der Waals surface area contributed by atoms with Gasteiger partial charge in [-0.2, -0.15) is 4.31 Å². The number of fused-ring (bicyclic) bond motifs is 1. The Kier molecular flexibility index (Phi) is 7.32. The first-order valence-electron chi connectivity index (χ1n) is 11.3. The molecule has 0 spiro atoms. The van der Waals surface area contributed by atoms with Gasteiger partial charge in [-0.1, -0.05) is 35.1 Å². The van der Waals surface area contributed by atoms with Crippen molar-refractivity contribution in [2.75, 3.05) is 38.6 Å². The minimum Gasteiger partial charge on any atom is -0.309 e. The van der Waals surface area contributed by atoms with E-state index in [1.807, 2.05) is 25.9 Å². The van der Waals surface area contributed by atoms with Crippen LogP contribution in [0.15, 0.2) is 47.4 Å². The molecule has 4 rings (SSSR count). The largest absolute Gasteiger partial charge is 0.309 e. The molecular weight excluding hydrogens is 475 g/mol. The Morgan fingerprint density at radius 1 is 1.18 bits per heavy atom. The van der Waals surface area contributed by atoms with Crippen LogP contribution >= 0.6 is 11.3 Å². The molecule has 1 fully saturated rings. The van der Waals surface area contributed by atoms with E-state index in [-0.39, 0.29) is 22.9 Å². The summed E-state index contributed by atoms with van der Waals surface area (Å²) in [6, 6.07) is 10.6. The normalized spacial score (nSPS) is 17.0. The van der Waals surface area contributed by atoms with Crippen molar-refractivity contribution in [2.24, 2.45) is 0 Å². The maximum atomic E-state index is 14.3. The minimum absolute atomic E-state index is 0.180. The van der Waals surface area contributed by atoms with Crippen molar-refractivity contribution in [3.8, 4) is 0 Å². The Morgan fingerprint density at radius 2 is 1.91 bits per heavy atom. The molecule has 1 amide bonds. The predicted molar refractivity (Wildman–Crippen MR) is 133 cm³/mol. The Bertz CT molecular complexity index is 1280. The summed E-state index contributed by atoms with van der Waals surface area (Å²) in [5, 5.41) is 0.392. The number of benzene rings is 2. The molecule has 0 bridgehead atoms. The van der Waals surface area contributed by atoms with Gasteiger partial charge in [0, 0.05) is 13.1 Å². The number of thiazole rings is 1. The lowest BCUT2D eigenvalue weighted by Gasteiger charge is -2.29. The molecule has 182 valence electrons. The number of aryl methyl sites for hydroxylation is 1. The molecule has 2 heterocycles. The molecule has 1 aromatic heterocycles. The van der Waals surface area contributed by atoms with Crippen LogP contribution in [0.1, 0.15) is 24.8 Å². The van der Waals surface area contributed by atoms with Crippen molar-refractivity contribution < 1.29 is 17.6 Å². The topological polar surface area (TPSA) is 73.8 Å². The van der Waals surface area contributed by atoms with Gasteiger partial charge >= 0.3 is 0 Å². The number of rotatable bonds is 8. The van der Waals surface area contributed by atoms with E-state index in [0.29, 0.717) is 35.6 Å². The lowest BCUT2D eigenvalue weighted by molar-refractivity contribution is -0.121.